The van der Waals surface area contributed by atoms with Crippen LogP contribution in [-0.2, 0) is 17.8 Å². The molecule has 1 aliphatic rings. The molecular weight excluding hydrogens is 176 g/mol. The number of rotatable bonds is 4. The number of methoxy groups -OCH3 is 1. The van der Waals surface area contributed by atoms with E-state index in [1.165, 1.54) is 18.4 Å². The van der Waals surface area contributed by atoms with E-state index in [9.17, 15) is 0 Å². The summed E-state index contributed by atoms with van der Waals surface area (Å²) in [5.41, 5.74) is 2.39. The molecule has 0 spiro atoms. The molecule has 1 fully saturated rings. The number of benzene rings is 1. The second-order valence-electron chi connectivity index (χ2n) is 4.04. The average Bonchev–Trinajstić information content (AvgIpc) is 3.00. The maximum absolute atomic E-state index is 8.89. The van der Waals surface area contributed by atoms with Gasteiger partial charge in [0.05, 0.1) is 12.2 Å². The van der Waals surface area contributed by atoms with Crippen molar-refractivity contribution < 1.29 is 9.84 Å². The van der Waals surface area contributed by atoms with Gasteiger partial charge in [-0.05, 0) is 24.0 Å². The first-order valence-corrected chi connectivity index (χ1v) is 5.02. The van der Waals surface area contributed by atoms with E-state index in [2.05, 4.69) is 12.1 Å². The normalized spacial score (nSPS) is 18.1. The second kappa shape index (κ2) is 3.71. The lowest BCUT2D eigenvalue weighted by molar-refractivity contribution is 0.0807. The second-order valence-corrected chi connectivity index (χ2v) is 4.04. The van der Waals surface area contributed by atoms with Crippen molar-refractivity contribution in [2.24, 2.45) is 0 Å². The highest BCUT2D eigenvalue weighted by molar-refractivity contribution is 5.24. The minimum atomic E-state index is 0.121. The molecule has 2 rings (SSSR count). The van der Waals surface area contributed by atoms with Crippen molar-refractivity contribution in [2.75, 3.05) is 7.11 Å². The van der Waals surface area contributed by atoms with Crippen LogP contribution in [0.25, 0.3) is 0 Å². The third-order valence-electron chi connectivity index (χ3n) is 2.97. The largest absolute Gasteiger partial charge is 0.392 e. The van der Waals surface area contributed by atoms with Gasteiger partial charge in [-0.25, -0.2) is 0 Å². The molecule has 1 aromatic carbocycles. The van der Waals surface area contributed by atoms with Gasteiger partial charge < -0.3 is 9.84 Å². The van der Waals surface area contributed by atoms with Crippen LogP contribution in [0.4, 0.5) is 0 Å². The van der Waals surface area contributed by atoms with Gasteiger partial charge in [0.1, 0.15) is 0 Å². The van der Waals surface area contributed by atoms with Crippen LogP contribution in [0.1, 0.15) is 24.0 Å². The summed E-state index contributed by atoms with van der Waals surface area (Å²) in [6.07, 6.45) is 3.34. The highest BCUT2D eigenvalue weighted by atomic mass is 16.5. The molecule has 0 aliphatic heterocycles. The van der Waals surface area contributed by atoms with Crippen LogP contribution in [0.2, 0.25) is 0 Å². The predicted octanol–water partition coefficient (Wildman–Crippen LogP) is 1.90. The van der Waals surface area contributed by atoms with Gasteiger partial charge in [0.25, 0.3) is 0 Å². The van der Waals surface area contributed by atoms with Gasteiger partial charge in [-0.1, -0.05) is 24.3 Å². The fraction of sp³-hybridized carbons (Fsp3) is 0.500. The molecule has 0 aromatic heterocycles. The number of hydrogen-bond donors (Lipinski definition) is 1. The van der Waals surface area contributed by atoms with E-state index >= 15 is 0 Å². The molecule has 2 nitrogen and oxygen atoms in total. The Kier molecular flexibility index (Phi) is 2.57. The molecule has 0 radical (unpaired) electrons. The van der Waals surface area contributed by atoms with Crippen LogP contribution in [0.15, 0.2) is 24.3 Å². The summed E-state index contributed by atoms with van der Waals surface area (Å²) in [4.78, 5) is 0. The fourth-order valence-electron chi connectivity index (χ4n) is 1.73. The summed E-state index contributed by atoms with van der Waals surface area (Å²) in [7, 11) is 1.79. The SMILES string of the molecule is COC1(Cc2ccc(CO)cc2)CC1. The Bertz CT molecular complexity index is 299. The first kappa shape index (κ1) is 9.69. The minimum Gasteiger partial charge on any atom is -0.392 e. The molecule has 1 N–H and O–H groups in total. The Labute approximate surface area is 84.5 Å². The third-order valence-corrected chi connectivity index (χ3v) is 2.97. The predicted molar refractivity (Wildman–Crippen MR) is 55.0 cm³/mol. The molecule has 2 heteroatoms. The van der Waals surface area contributed by atoms with E-state index in [0.29, 0.717) is 0 Å². The van der Waals surface area contributed by atoms with E-state index in [1.807, 2.05) is 12.1 Å². The zero-order valence-electron chi connectivity index (χ0n) is 8.49. The van der Waals surface area contributed by atoms with Crippen molar-refractivity contribution in [3.8, 4) is 0 Å². The Balaban J connectivity index is 2.03. The van der Waals surface area contributed by atoms with Gasteiger partial charge in [-0.3, -0.25) is 0 Å². The molecule has 1 aliphatic carbocycles. The van der Waals surface area contributed by atoms with Crippen LogP contribution in [0, 0.1) is 0 Å². The van der Waals surface area contributed by atoms with Crippen molar-refractivity contribution in [2.45, 2.75) is 31.5 Å². The average molecular weight is 192 g/mol. The van der Waals surface area contributed by atoms with Crippen LogP contribution in [-0.4, -0.2) is 17.8 Å². The van der Waals surface area contributed by atoms with Crippen molar-refractivity contribution in [3.05, 3.63) is 35.4 Å². The van der Waals surface area contributed by atoms with Gasteiger partial charge >= 0.3 is 0 Å². The molecule has 1 aromatic rings. The topological polar surface area (TPSA) is 29.5 Å². The summed E-state index contributed by atoms with van der Waals surface area (Å²) in [5.74, 6) is 0. The van der Waals surface area contributed by atoms with Crippen LogP contribution >= 0.6 is 0 Å². The highest BCUT2D eigenvalue weighted by Crippen LogP contribution is 2.41. The molecule has 0 saturated heterocycles. The van der Waals surface area contributed by atoms with Gasteiger partial charge in [0, 0.05) is 13.5 Å². The summed E-state index contributed by atoms with van der Waals surface area (Å²) in [5, 5.41) is 8.89. The third kappa shape index (κ3) is 1.97. The molecule has 0 atom stereocenters. The lowest BCUT2D eigenvalue weighted by Crippen LogP contribution is -2.14. The molecule has 14 heavy (non-hydrogen) atoms. The number of hydrogen-bond acceptors (Lipinski definition) is 2. The lowest BCUT2D eigenvalue weighted by atomic mass is 10.0. The Morgan fingerprint density at radius 2 is 1.79 bits per heavy atom. The van der Waals surface area contributed by atoms with Crippen molar-refractivity contribution in [1.82, 2.24) is 0 Å². The van der Waals surface area contributed by atoms with Crippen molar-refractivity contribution >= 4 is 0 Å². The summed E-state index contributed by atoms with van der Waals surface area (Å²) in [6, 6.07) is 8.09. The lowest BCUT2D eigenvalue weighted by Gasteiger charge is -2.12. The van der Waals surface area contributed by atoms with E-state index in [0.717, 1.165) is 12.0 Å². The quantitative estimate of drug-likeness (QED) is 0.789. The maximum Gasteiger partial charge on any atom is 0.0721 e. The molecule has 0 amide bonds. The van der Waals surface area contributed by atoms with Gasteiger partial charge in [-0.15, -0.1) is 0 Å². The van der Waals surface area contributed by atoms with E-state index in [4.69, 9.17) is 9.84 Å². The van der Waals surface area contributed by atoms with Crippen molar-refractivity contribution in [1.29, 1.82) is 0 Å². The zero-order valence-corrected chi connectivity index (χ0v) is 8.49. The van der Waals surface area contributed by atoms with E-state index in [-0.39, 0.29) is 12.2 Å². The Morgan fingerprint density at radius 3 is 2.21 bits per heavy atom. The molecule has 0 unspecified atom stereocenters. The van der Waals surface area contributed by atoms with Crippen LogP contribution < -0.4 is 0 Å². The van der Waals surface area contributed by atoms with Crippen molar-refractivity contribution in [3.63, 3.8) is 0 Å². The molecule has 0 heterocycles. The maximum atomic E-state index is 8.89. The first-order chi connectivity index (χ1) is 6.78. The first-order valence-electron chi connectivity index (χ1n) is 5.02. The van der Waals surface area contributed by atoms with Gasteiger partial charge in [0.2, 0.25) is 0 Å². The highest BCUT2D eigenvalue weighted by Gasteiger charge is 2.42. The zero-order chi connectivity index (χ0) is 10.0. The monoisotopic (exact) mass is 192 g/mol. The Hall–Kier alpha value is -0.860. The molecule has 1 saturated carbocycles. The number of aliphatic hydroxyl groups excluding tert-OH is 1. The summed E-state index contributed by atoms with van der Waals surface area (Å²) < 4.78 is 5.46. The van der Waals surface area contributed by atoms with Gasteiger partial charge in [-0.2, -0.15) is 0 Å². The fourth-order valence-corrected chi connectivity index (χ4v) is 1.73. The van der Waals surface area contributed by atoms with Crippen LogP contribution in [0.5, 0.6) is 0 Å². The number of aliphatic hydroxyl groups is 1. The Morgan fingerprint density at radius 1 is 1.21 bits per heavy atom. The van der Waals surface area contributed by atoms with E-state index < -0.39 is 0 Å². The summed E-state index contributed by atoms with van der Waals surface area (Å²) >= 11 is 0. The standard InChI is InChI=1S/C12H16O2/c1-14-12(6-7-12)8-10-2-4-11(9-13)5-3-10/h2-5,13H,6-9H2,1H3. The van der Waals surface area contributed by atoms with Crippen LogP contribution in [0.3, 0.4) is 0 Å². The minimum absolute atomic E-state index is 0.121. The van der Waals surface area contributed by atoms with E-state index in [1.54, 1.807) is 7.11 Å². The smallest absolute Gasteiger partial charge is 0.0721 e. The number of ether oxygens (including phenoxy) is 1. The van der Waals surface area contributed by atoms with Gasteiger partial charge in [0.15, 0.2) is 0 Å². The molecular formula is C12H16O2. The molecule has 76 valence electrons. The molecule has 0 bridgehead atoms. The summed E-state index contributed by atoms with van der Waals surface area (Å²) in [6.45, 7) is 0.121.